The number of nitrogens with zero attached hydrogens (tertiary/aromatic N) is 4. The number of hydrogen-bond acceptors (Lipinski definition) is 4. The maximum Gasteiger partial charge on any atom is 0.410 e. The zero-order chi connectivity index (χ0) is 19.9. The number of halogens is 1. The summed E-state index contributed by atoms with van der Waals surface area (Å²) < 4.78 is 22.0. The lowest BCUT2D eigenvalue weighted by molar-refractivity contribution is 0.0214. The Bertz CT molecular complexity index is 910. The number of likely N-dealkylation sites (tertiary alicyclic amines) is 1. The van der Waals surface area contributed by atoms with E-state index in [-0.39, 0.29) is 23.3 Å². The first kappa shape index (κ1) is 19.4. The van der Waals surface area contributed by atoms with Gasteiger partial charge in [0.15, 0.2) is 0 Å². The Labute approximate surface area is 157 Å². The predicted octanol–water partition coefficient (Wildman–Crippen LogP) is 3.36. The SMILES string of the molecule is CC(C)Cn1c(C2CCCN2C(=O)OC(C)(C)C)nc2cc(F)cn2c1=O. The van der Waals surface area contributed by atoms with Gasteiger partial charge in [0, 0.05) is 19.2 Å². The van der Waals surface area contributed by atoms with Crippen molar-refractivity contribution in [2.75, 3.05) is 6.54 Å². The first-order chi connectivity index (χ1) is 12.6. The number of carbonyl (C=O) groups is 1. The number of amides is 1. The van der Waals surface area contributed by atoms with Crippen molar-refractivity contribution in [3.63, 3.8) is 0 Å². The lowest BCUT2D eigenvalue weighted by atomic mass is 10.1. The van der Waals surface area contributed by atoms with Crippen molar-refractivity contribution in [2.45, 2.75) is 65.6 Å². The summed E-state index contributed by atoms with van der Waals surface area (Å²) in [5.41, 5.74) is -0.698. The standard InChI is InChI=1S/C19H27FN4O3/c1-12(2)10-24-16(21-15-9-13(20)11-23(15)17(24)25)14-7-6-8-22(14)18(26)27-19(3,4)5/h9,11-12,14H,6-8,10H2,1-5H3. The van der Waals surface area contributed by atoms with Crippen molar-refractivity contribution < 1.29 is 13.9 Å². The summed E-state index contributed by atoms with van der Waals surface area (Å²) in [5, 5.41) is 0. The molecule has 1 saturated heterocycles. The van der Waals surface area contributed by atoms with E-state index in [1.165, 1.54) is 10.5 Å². The van der Waals surface area contributed by atoms with Crippen molar-refractivity contribution in [1.29, 1.82) is 0 Å². The van der Waals surface area contributed by atoms with Gasteiger partial charge in [0.05, 0.1) is 12.2 Å². The number of ether oxygens (including phenoxy) is 1. The van der Waals surface area contributed by atoms with Gasteiger partial charge in [0.1, 0.15) is 22.9 Å². The van der Waals surface area contributed by atoms with Gasteiger partial charge in [0.25, 0.3) is 0 Å². The van der Waals surface area contributed by atoms with E-state index in [0.717, 1.165) is 12.6 Å². The van der Waals surface area contributed by atoms with Crippen LogP contribution in [0.4, 0.5) is 9.18 Å². The first-order valence-corrected chi connectivity index (χ1v) is 9.35. The number of fused-ring (bicyclic) bond motifs is 1. The van der Waals surface area contributed by atoms with Gasteiger partial charge in [0.2, 0.25) is 0 Å². The molecule has 0 radical (unpaired) electrons. The van der Waals surface area contributed by atoms with Crippen molar-refractivity contribution >= 4 is 11.7 Å². The molecule has 0 spiro atoms. The smallest absolute Gasteiger partial charge is 0.410 e. The molecule has 0 aromatic carbocycles. The third-order valence-corrected chi connectivity index (χ3v) is 4.44. The molecule has 3 heterocycles. The molecule has 0 saturated carbocycles. The molecule has 3 rings (SSSR count). The van der Waals surface area contributed by atoms with Gasteiger partial charge in [-0.25, -0.2) is 23.4 Å². The normalized spacial score (nSPS) is 17.9. The predicted molar refractivity (Wildman–Crippen MR) is 99.2 cm³/mol. The number of rotatable bonds is 3. The minimum atomic E-state index is -0.607. The Hall–Kier alpha value is -2.38. The van der Waals surface area contributed by atoms with Gasteiger partial charge in [-0.1, -0.05) is 13.8 Å². The van der Waals surface area contributed by atoms with E-state index < -0.39 is 17.5 Å². The lowest BCUT2D eigenvalue weighted by Crippen LogP contribution is -2.40. The highest BCUT2D eigenvalue weighted by Crippen LogP contribution is 2.32. The average molecular weight is 378 g/mol. The molecular formula is C19H27FN4O3. The Morgan fingerprint density at radius 3 is 2.74 bits per heavy atom. The summed E-state index contributed by atoms with van der Waals surface area (Å²) in [6.07, 6.45) is 2.20. The molecule has 148 valence electrons. The van der Waals surface area contributed by atoms with Crippen LogP contribution in [0.2, 0.25) is 0 Å². The highest BCUT2D eigenvalue weighted by Gasteiger charge is 2.36. The summed E-state index contributed by atoms with van der Waals surface area (Å²) in [5.74, 6) is 0.170. The lowest BCUT2D eigenvalue weighted by Gasteiger charge is -2.29. The number of hydrogen-bond donors (Lipinski definition) is 0. The number of carbonyl (C=O) groups excluding carboxylic acids is 1. The fourth-order valence-electron chi connectivity index (χ4n) is 3.43. The quantitative estimate of drug-likeness (QED) is 0.821. The summed E-state index contributed by atoms with van der Waals surface area (Å²) in [4.78, 5) is 31.8. The van der Waals surface area contributed by atoms with E-state index in [0.29, 0.717) is 25.3 Å². The van der Waals surface area contributed by atoms with Gasteiger partial charge >= 0.3 is 11.8 Å². The van der Waals surface area contributed by atoms with Crippen LogP contribution in [0.1, 0.15) is 59.3 Å². The summed E-state index contributed by atoms with van der Waals surface area (Å²) in [6.45, 7) is 10.4. The van der Waals surface area contributed by atoms with Gasteiger partial charge in [-0.15, -0.1) is 0 Å². The Morgan fingerprint density at radius 2 is 2.11 bits per heavy atom. The third-order valence-electron chi connectivity index (χ3n) is 4.44. The maximum atomic E-state index is 13.7. The molecule has 0 aliphatic carbocycles. The largest absolute Gasteiger partial charge is 0.444 e. The molecule has 27 heavy (non-hydrogen) atoms. The van der Waals surface area contributed by atoms with Crippen molar-refractivity contribution in [3.05, 3.63) is 34.4 Å². The van der Waals surface area contributed by atoms with E-state index >= 15 is 0 Å². The van der Waals surface area contributed by atoms with Gasteiger partial charge < -0.3 is 4.74 Å². The van der Waals surface area contributed by atoms with Crippen LogP contribution in [0.3, 0.4) is 0 Å². The van der Waals surface area contributed by atoms with Gasteiger partial charge in [-0.3, -0.25) is 9.47 Å². The molecule has 1 atom stereocenters. The first-order valence-electron chi connectivity index (χ1n) is 9.35. The second-order valence-electron chi connectivity index (χ2n) is 8.48. The topological polar surface area (TPSA) is 68.8 Å². The van der Waals surface area contributed by atoms with E-state index in [1.54, 1.807) is 9.47 Å². The van der Waals surface area contributed by atoms with E-state index in [2.05, 4.69) is 4.98 Å². The molecule has 0 bridgehead atoms. The van der Waals surface area contributed by atoms with Crippen LogP contribution < -0.4 is 5.69 Å². The monoisotopic (exact) mass is 378 g/mol. The van der Waals surface area contributed by atoms with Gasteiger partial charge in [-0.05, 0) is 39.5 Å². The molecule has 1 aliphatic rings. The molecule has 8 heteroatoms. The molecule has 7 nitrogen and oxygen atoms in total. The van der Waals surface area contributed by atoms with Crippen LogP contribution in [0.25, 0.3) is 5.65 Å². The van der Waals surface area contributed by atoms with Crippen LogP contribution in [-0.2, 0) is 11.3 Å². The molecule has 2 aromatic rings. The molecule has 1 fully saturated rings. The van der Waals surface area contributed by atoms with Crippen molar-refractivity contribution in [2.24, 2.45) is 5.92 Å². The minimum absolute atomic E-state index is 0.192. The fourth-order valence-corrected chi connectivity index (χ4v) is 3.43. The second-order valence-corrected chi connectivity index (χ2v) is 8.48. The molecule has 1 unspecified atom stereocenters. The zero-order valence-electron chi connectivity index (χ0n) is 16.5. The van der Waals surface area contributed by atoms with Crippen LogP contribution in [0.15, 0.2) is 17.1 Å². The Kier molecular flexibility index (Phi) is 5.01. The Morgan fingerprint density at radius 1 is 1.41 bits per heavy atom. The summed E-state index contributed by atoms with van der Waals surface area (Å²) >= 11 is 0. The molecule has 0 N–H and O–H groups in total. The molecule has 2 aromatic heterocycles. The third kappa shape index (κ3) is 3.99. The van der Waals surface area contributed by atoms with E-state index in [9.17, 15) is 14.0 Å². The molecule has 1 amide bonds. The highest BCUT2D eigenvalue weighted by atomic mass is 19.1. The van der Waals surface area contributed by atoms with E-state index in [4.69, 9.17) is 4.74 Å². The summed E-state index contributed by atoms with van der Waals surface area (Å²) in [6, 6.07) is 0.867. The van der Waals surface area contributed by atoms with Crippen LogP contribution in [0, 0.1) is 11.7 Å². The maximum absolute atomic E-state index is 13.7. The highest BCUT2D eigenvalue weighted by molar-refractivity contribution is 5.69. The molecular weight excluding hydrogens is 351 g/mol. The Balaban J connectivity index is 2.08. The van der Waals surface area contributed by atoms with E-state index in [1.807, 2.05) is 34.6 Å². The number of aromatic nitrogens is 3. The van der Waals surface area contributed by atoms with Crippen molar-refractivity contribution in [3.8, 4) is 0 Å². The fraction of sp³-hybridized carbons (Fsp3) is 0.632. The zero-order valence-corrected chi connectivity index (χ0v) is 16.5. The molecule has 1 aliphatic heterocycles. The average Bonchev–Trinajstić information content (AvgIpc) is 3.14. The van der Waals surface area contributed by atoms with Crippen molar-refractivity contribution in [1.82, 2.24) is 18.9 Å². The van der Waals surface area contributed by atoms with Crippen LogP contribution in [0.5, 0.6) is 0 Å². The van der Waals surface area contributed by atoms with Crippen LogP contribution >= 0.6 is 0 Å². The van der Waals surface area contributed by atoms with Gasteiger partial charge in [-0.2, -0.15) is 0 Å². The summed E-state index contributed by atoms with van der Waals surface area (Å²) in [7, 11) is 0. The minimum Gasteiger partial charge on any atom is -0.444 e. The van der Waals surface area contributed by atoms with Crippen LogP contribution in [-0.4, -0.2) is 37.1 Å². The second kappa shape index (κ2) is 6.98.